The van der Waals surface area contributed by atoms with E-state index in [4.69, 9.17) is 10.5 Å². The molecule has 1 aromatic carbocycles. The van der Waals surface area contributed by atoms with E-state index in [9.17, 15) is 4.79 Å². The summed E-state index contributed by atoms with van der Waals surface area (Å²) >= 11 is 0. The minimum absolute atomic E-state index is 0. The van der Waals surface area contributed by atoms with Crippen LogP contribution in [0.2, 0.25) is 0 Å². The third-order valence-corrected chi connectivity index (χ3v) is 3.13. The SMILES string of the molecule is COCC(N)C(=O)NC1CCc2ccccc21.Cl. The van der Waals surface area contributed by atoms with Gasteiger partial charge >= 0.3 is 0 Å². The number of aryl methyl sites for hydroxylation is 1. The van der Waals surface area contributed by atoms with Gasteiger partial charge in [0.05, 0.1) is 12.6 Å². The van der Waals surface area contributed by atoms with Crippen LogP contribution in [0, 0.1) is 0 Å². The Bertz CT molecular complexity index is 412. The summed E-state index contributed by atoms with van der Waals surface area (Å²) in [5, 5.41) is 2.98. The lowest BCUT2D eigenvalue weighted by atomic mass is 10.1. The fourth-order valence-corrected chi connectivity index (χ4v) is 2.24. The molecule has 5 heteroatoms. The third-order valence-electron chi connectivity index (χ3n) is 3.13. The van der Waals surface area contributed by atoms with Crippen LogP contribution < -0.4 is 11.1 Å². The summed E-state index contributed by atoms with van der Waals surface area (Å²) in [5.41, 5.74) is 8.22. The predicted molar refractivity (Wildman–Crippen MR) is 72.7 cm³/mol. The summed E-state index contributed by atoms with van der Waals surface area (Å²) in [6.07, 6.45) is 1.96. The molecule has 0 fully saturated rings. The van der Waals surface area contributed by atoms with E-state index in [0.29, 0.717) is 0 Å². The zero-order valence-electron chi connectivity index (χ0n) is 10.4. The lowest BCUT2D eigenvalue weighted by Crippen LogP contribution is -2.44. The van der Waals surface area contributed by atoms with Crippen molar-refractivity contribution >= 4 is 18.3 Å². The largest absolute Gasteiger partial charge is 0.383 e. The van der Waals surface area contributed by atoms with Crippen molar-refractivity contribution < 1.29 is 9.53 Å². The van der Waals surface area contributed by atoms with Gasteiger partial charge in [-0.1, -0.05) is 24.3 Å². The fraction of sp³-hybridized carbons (Fsp3) is 0.462. The highest BCUT2D eigenvalue weighted by atomic mass is 35.5. The minimum atomic E-state index is -0.590. The van der Waals surface area contributed by atoms with Gasteiger partial charge in [0.25, 0.3) is 0 Å². The molecule has 2 rings (SSSR count). The number of nitrogens with one attached hydrogen (secondary N) is 1. The monoisotopic (exact) mass is 270 g/mol. The first kappa shape index (κ1) is 15.0. The van der Waals surface area contributed by atoms with Crippen molar-refractivity contribution in [1.82, 2.24) is 5.32 Å². The molecule has 0 bridgehead atoms. The highest BCUT2D eigenvalue weighted by Crippen LogP contribution is 2.30. The number of benzene rings is 1. The molecule has 0 saturated heterocycles. The highest BCUT2D eigenvalue weighted by molar-refractivity contribution is 5.85. The van der Waals surface area contributed by atoms with Crippen LogP contribution in [0.1, 0.15) is 23.6 Å². The minimum Gasteiger partial charge on any atom is -0.383 e. The average Bonchev–Trinajstić information content (AvgIpc) is 2.73. The summed E-state index contributed by atoms with van der Waals surface area (Å²) in [4.78, 5) is 11.8. The van der Waals surface area contributed by atoms with E-state index < -0.39 is 6.04 Å². The number of hydrogen-bond donors (Lipinski definition) is 2. The molecule has 1 aliphatic carbocycles. The van der Waals surface area contributed by atoms with Crippen LogP contribution in [0.4, 0.5) is 0 Å². The van der Waals surface area contributed by atoms with Crippen molar-refractivity contribution in [2.45, 2.75) is 24.9 Å². The van der Waals surface area contributed by atoms with Crippen molar-refractivity contribution in [2.24, 2.45) is 5.73 Å². The first-order valence-corrected chi connectivity index (χ1v) is 5.85. The van der Waals surface area contributed by atoms with Crippen LogP contribution in [-0.4, -0.2) is 25.7 Å². The number of amides is 1. The molecule has 0 aliphatic heterocycles. The van der Waals surface area contributed by atoms with Crippen LogP contribution >= 0.6 is 12.4 Å². The summed E-state index contributed by atoms with van der Waals surface area (Å²) < 4.78 is 4.87. The molecule has 3 N–H and O–H groups in total. The van der Waals surface area contributed by atoms with Gasteiger partial charge in [-0.25, -0.2) is 0 Å². The maximum Gasteiger partial charge on any atom is 0.239 e. The molecule has 0 spiro atoms. The van der Waals surface area contributed by atoms with E-state index in [0.717, 1.165) is 12.8 Å². The summed E-state index contributed by atoms with van der Waals surface area (Å²) in [5.74, 6) is -0.145. The fourth-order valence-electron chi connectivity index (χ4n) is 2.24. The molecule has 1 aromatic rings. The number of ether oxygens (including phenoxy) is 1. The normalized spacial score (nSPS) is 18.7. The quantitative estimate of drug-likeness (QED) is 0.864. The number of nitrogens with two attached hydrogens (primary N) is 1. The number of methoxy groups -OCH3 is 1. The molecular formula is C13H19ClN2O2. The Labute approximate surface area is 113 Å². The van der Waals surface area contributed by atoms with Gasteiger partial charge in [-0.15, -0.1) is 12.4 Å². The predicted octanol–water partition coefficient (Wildman–Crippen LogP) is 1.19. The molecule has 18 heavy (non-hydrogen) atoms. The molecule has 2 atom stereocenters. The van der Waals surface area contributed by atoms with Gasteiger partial charge in [-0.05, 0) is 24.0 Å². The topological polar surface area (TPSA) is 64.3 Å². The Balaban J connectivity index is 0.00000162. The number of hydrogen-bond acceptors (Lipinski definition) is 3. The van der Waals surface area contributed by atoms with E-state index in [1.54, 1.807) is 0 Å². The van der Waals surface area contributed by atoms with E-state index in [-0.39, 0.29) is 31.0 Å². The molecule has 100 valence electrons. The van der Waals surface area contributed by atoms with Crippen LogP contribution in [0.3, 0.4) is 0 Å². The second-order valence-corrected chi connectivity index (χ2v) is 4.36. The summed E-state index contributed by atoms with van der Waals surface area (Å²) in [6.45, 7) is 0.250. The van der Waals surface area contributed by atoms with Gasteiger partial charge in [0, 0.05) is 7.11 Å². The van der Waals surface area contributed by atoms with Crippen molar-refractivity contribution in [1.29, 1.82) is 0 Å². The van der Waals surface area contributed by atoms with Crippen LogP contribution in [0.15, 0.2) is 24.3 Å². The van der Waals surface area contributed by atoms with Gasteiger partial charge in [-0.3, -0.25) is 4.79 Å². The molecule has 1 amide bonds. The van der Waals surface area contributed by atoms with Gasteiger partial charge in [0.15, 0.2) is 0 Å². The van der Waals surface area contributed by atoms with E-state index in [2.05, 4.69) is 17.4 Å². The Morgan fingerprint density at radius 3 is 3.00 bits per heavy atom. The standard InChI is InChI=1S/C13H18N2O2.ClH/c1-17-8-11(14)13(16)15-12-7-6-9-4-2-3-5-10(9)12;/h2-5,11-12H,6-8,14H2,1H3,(H,15,16);1H. The van der Waals surface area contributed by atoms with E-state index in [1.165, 1.54) is 18.2 Å². The molecule has 2 unspecified atom stereocenters. The maximum atomic E-state index is 11.8. The molecule has 4 nitrogen and oxygen atoms in total. The van der Waals surface area contributed by atoms with Crippen molar-refractivity contribution in [3.05, 3.63) is 35.4 Å². The van der Waals surface area contributed by atoms with Crippen LogP contribution in [-0.2, 0) is 16.0 Å². The van der Waals surface area contributed by atoms with Crippen molar-refractivity contribution in [3.63, 3.8) is 0 Å². The molecule has 0 heterocycles. The molecule has 0 saturated carbocycles. The van der Waals surface area contributed by atoms with Gasteiger partial charge in [-0.2, -0.15) is 0 Å². The molecule has 1 aliphatic rings. The van der Waals surface area contributed by atoms with Crippen LogP contribution in [0.5, 0.6) is 0 Å². The highest BCUT2D eigenvalue weighted by Gasteiger charge is 2.25. The molecule has 0 radical (unpaired) electrons. The average molecular weight is 271 g/mol. The van der Waals surface area contributed by atoms with E-state index >= 15 is 0 Å². The van der Waals surface area contributed by atoms with Crippen LogP contribution in [0.25, 0.3) is 0 Å². The van der Waals surface area contributed by atoms with Gasteiger partial charge in [0.1, 0.15) is 6.04 Å². The first-order valence-electron chi connectivity index (χ1n) is 5.85. The zero-order chi connectivity index (χ0) is 12.3. The first-order chi connectivity index (χ1) is 8.22. The molecule has 0 aromatic heterocycles. The molecular weight excluding hydrogens is 252 g/mol. The third kappa shape index (κ3) is 3.22. The second-order valence-electron chi connectivity index (χ2n) is 4.36. The van der Waals surface area contributed by atoms with Crippen molar-refractivity contribution in [3.8, 4) is 0 Å². The second kappa shape index (κ2) is 6.73. The van der Waals surface area contributed by atoms with Gasteiger partial charge in [0.2, 0.25) is 5.91 Å². The lowest BCUT2D eigenvalue weighted by molar-refractivity contribution is -0.124. The summed E-state index contributed by atoms with van der Waals surface area (Å²) in [7, 11) is 1.54. The zero-order valence-corrected chi connectivity index (χ0v) is 11.2. The Kier molecular flexibility index (Phi) is 5.59. The smallest absolute Gasteiger partial charge is 0.239 e. The number of fused-ring (bicyclic) bond motifs is 1. The Morgan fingerprint density at radius 2 is 2.28 bits per heavy atom. The number of carbonyl (C=O) groups excluding carboxylic acids is 1. The summed E-state index contributed by atoms with van der Waals surface area (Å²) in [6, 6.07) is 7.71. The number of carbonyl (C=O) groups is 1. The van der Waals surface area contributed by atoms with Gasteiger partial charge < -0.3 is 15.8 Å². The number of rotatable bonds is 4. The van der Waals surface area contributed by atoms with Crippen molar-refractivity contribution in [2.75, 3.05) is 13.7 Å². The lowest BCUT2D eigenvalue weighted by Gasteiger charge is -2.17. The van der Waals surface area contributed by atoms with E-state index in [1.807, 2.05) is 12.1 Å². The Hall–Kier alpha value is -1.10. The maximum absolute atomic E-state index is 11.8. The number of halogens is 1. The Morgan fingerprint density at radius 1 is 1.56 bits per heavy atom.